The Balaban J connectivity index is 1.54. The number of benzene rings is 1. The second kappa shape index (κ2) is 6.54. The van der Waals surface area contributed by atoms with Gasteiger partial charge in [-0.3, -0.25) is 9.89 Å². The van der Waals surface area contributed by atoms with E-state index in [-0.39, 0.29) is 5.91 Å². The number of fused-ring (bicyclic) bond motifs is 1. The number of hydrogen-bond donors (Lipinski definition) is 3. The Morgan fingerprint density at radius 1 is 1.28 bits per heavy atom. The van der Waals surface area contributed by atoms with Crippen LogP contribution in [-0.2, 0) is 0 Å². The van der Waals surface area contributed by atoms with Crippen molar-refractivity contribution in [3.63, 3.8) is 0 Å². The SMILES string of the molecule is COc1ccccc1Nc1nc2sc(C(=O)Nc3cn[nH]c3)cc2s1. The van der Waals surface area contributed by atoms with Crippen molar-refractivity contribution < 1.29 is 9.53 Å². The number of para-hydroxylation sites is 2. The molecule has 0 radical (unpaired) electrons. The number of ether oxygens (including phenoxy) is 1. The van der Waals surface area contributed by atoms with Crippen LogP contribution in [0.3, 0.4) is 0 Å². The molecule has 0 unspecified atom stereocenters. The van der Waals surface area contributed by atoms with Crippen LogP contribution in [0.1, 0.15) is 9.67 Å². The minimum absolute atomic E-state index is 0.171. The van der Waals surface area contributed by atoms with Crippen LogP contribution >= 0.6 is 22.7 Å². The molecule has 4 rings (SSSR count). The number of methoxy groups -OCH3 is 1. The zero-order valence-corrected chi connectivity index (χ0v) is 14.7. The molecule has 0 bridgehead atoms. The van der Waals surface area contributed by atoms with Gasteiger partial charge in [-0.15, -0.1) is 11.3 Å². The molecule has 3 heterocycles. The van der Waals surface area contributed by atoms with Crippen LogP contribution < -0.4 is 15.4 Å². The van der Waals surface area contributed by atoms with Crippen molar-refractivity contribution >= 4 is 54.6 Å². The molecule has 3 aromatic heterocycles. The molecule has 0 saturated carbocycles. The first-order chi connectivity index (χ1) is 12.2. The summed E-state index contributed by atoms with van der Waals surface area (Å²) < 4.78 is 6.29. The molecule has 126 valence electrons. The van der Waals surface area contributed by atoms with Gasteiger partial charge in [-0.1, -0.05) is 23.5 Å². The van der Waals surface area contributed by atoms with E-state index >= 15 is 0 Å². The number of amides is 1. The highest BCUT2D eigenvalue weighted by Gasteiger charge is 2.15. The molecule has 0 aliphatic carbocycles. The number of carbonyl (C=O) groups is 1. The van der Waals surface area contributed by atoms with E-state index in [4.69, 9.17) is 4.74 Å². The van der Waals surface area contributed by atoms with Crippen molar-refractivity contribution in [1.29, 1.82) is 0 Å². The third-order valence-electron chi connectivity index (χ3n) is 3.42. The van der Waals surface area contributed by atoms with E-state index in [9.17, 15) is 4.79 Å². The molecule has 1 amide bonds. The van der Waals surface area contributed by atoms with Crippen LogP contribution in [0.25, 0.3) is 9.53 Å². The third kappa shape index (κ3) is 3.19. The Labute approximate surface area is 150 Å². The number of rotatable bonds is 5. The fraction of sp³-hybridized carbons (Fsp3) is 0.0625. The second-order valence-electron chi connectivity index (χ2n) is 5.07. The van der Waals surface area contributed by atoms with Gasteiger partial charge in [-0.2, -0.15) is 5.10 Å². The average molecular weight is 371 g/mol. The number of carbonyl (C=O) groups excluding carboxylic acids is 1. The highest BCUT2D eigenvalue weighted by Crippen LogP contribution is 2.36. The molecule has 7 nitrogen and oxygen atoms in total. The fourth-order valence-electron chi connectivity index (χ4n) is 2.28. The molecule has 0 fully saturated rings. The Kier molecular flexibility index (Phi) is 4.08. The van der Waals surface area contributed by atoms with E-state index in [0.29, 0.717) is 10.6 Å². The summed E-state index contributed by atoms with van der Waals surface area (Å²) in [6.07, 6.45) is 3.18. The van der Waals surface area contributed by atoms with Gasteiger partial charge in [0.05, 0.1) is 34.3 Å². The van der Waals surface area contributed by atoms with Crippen LogP contribution in [0, 0.1) is 0 Å². The van der Waals surface area contributed by atoms with E-state index < -0.39 is 0 Å². The van der Waals surface area contributed by atoms with Gasteiger partial charge in [0.1, 0.15) is 10.6 Å². The Bertz CT molecular complexity index is 991. The first-order valence-corrected chi connectivity index (χ1v) is 8.97. The van der Waals surface area contributed by atoms with Crippen molar-refractivity contribution in [2.75, 3.05) is 17.7 Å². The molecule has 0 aliphatic rings. The molecule has 25 heavy (non-hydrogen) atoms. The number of anilines is 3. The van der Waals surface area contributed by atoms with Crippen LogP contribution in [0.5, 0.6) is 5.75 Å². The topological polar surface area (TPSA) is 91.9 Å². The highest BCUT2D eigenvalue weighted by molar-refractivity contribution is 7.29. The third-order valence-corrected chi connectivity index (χ3v) is 5.49. The number of hydrogen-bond acceptors (Lipinski definition) is 7. The van der Waals surface area contributed by atoms with Crippen molar-refractivity contribution in [1.82, 2.24) is 15.2 Å². The number of aromatic nitrogens is 3. The number of aromatic amines is 1. The lowest BCUT2D eigenvalue weighted by molar-refractivity contribution is 0.103. The Hall–Kier alpha value is -2.91. The Morgan fingerprint density at radius 2 is 2.16 bits per heavy atom. The summed E-state index contributed by atoms with van der Waals surface area (Å²) in [5.41, 5.74) is 1.48. The molecule has 0 atom stereocenters. The summed E-state index contributed by atoms with van der Waals surface area (Å²) in [6.45, 7) is 0. The van der Waals surface area contributed by atoms with E-state index in [1.807, 2.05) is 30.3 Å². The van der Waals surface area contributed by atoms with Crippen LogP contribution in [0.2, 0.25) is 0 Å². The number of nitrogens with one attached hydrogen (secondary N) is 3. The lowest BCUT2D eigenvalue weighted by Gasteiger charge is -2.07. The molecule has 4 aromatic rings. The minimum Gasteiger partial charge on any atom is -0.495 e. The van der Waals surface area contributed by atoms with E-state index in [0.717, 1.165) is 26.1 Å². The van der Waals surface area contributed by atoms with Crippen molar-refractivity contribution in [3.05, 3.63) is 47.6 Å². The van der Waals surface area contributed by atoms with Crippen LogP contribution in [0.4, 0.5) is 16.5 Å². The average Bonchev–Trinajstić information content (AvgIpc) is 3.31. The van der Waals surface area contributed by atoms with Gasteiger partial charge in [-0.25, -0.2) is 4.98 Å². The summed E-state index contributed by atoms with van der Waals surface area (Å²) in [6, 6.07) is 9.50. The summed E-state index contributed by atoms with van der Waals surface area (Å²) >= 11 is 2.85. The minimum atomic E-state index is -0.171. The molecule has 1 aromatic carbocycles. The quantitative estimate of drug-likeness (QED) is 0.491. The second-order valence-corrected chi connectivity index (χ2v) is 7.13. The molecule has 3 N–H and O–H groups in total. The van der Waals surface area contributed by atoms with Crippen LogP contribution in [-0.4, -0.2) is 28.2 Å². The predicted octanol–water partition coefficient (Wildman–Crippen LogP) is 4.09. The molecule has 0 aliphatic heterocycles. The summed E-state index contributed by atoms with van der Waals surface area (Å²) in [5.74, 6) is 0.581. The molecule has 9 heteroatoms. The van der Waals surface area contributed by atoms with Gasteiger partial charge >= 0.3 is 0 Å². The number of thiazole rings is 1. The molecule has 0 saturated heterocycles. The monoisotopic (exact) mass is 371 g/mol. The predicted molar refractivity (Wildman–Crippen MR) is 100 cm³/mol. The van der Waals surface area contributed by atoms with Gasteiger partial charge in [0.2, 0.25) is 0 Å². The number of nitrogens with zero attached hydrogens (tertiary/aromatic N) is 2. The maximum atomic E-state index is 12.2. The van der Waals surface area contributed by atoms with E-state index in [2.05, 4.69) is 25.8 Å². The summed E-state index contributed by atoms with van der Waals surface area (Å²) in [7, 11) is 1.63. The lowest BCUT2D eigenvalue weighted by Crippen LogP contribution is -2.09. The zero-order valence-electron chi connectivity index (χ0n) is 13.1. The van der Waals surface area contributed by atoms with Gasteiger partial charge in [-0.05, 0) is 18.2 Å². The van der Waals surface area contributed by atoms with Crippen molar-refractivity contribution in [3.8, 4) is 5.75 Å². The maximum absolute atomic E-state index is 12.2. The highest BCUT2D eigenvalue weighted by atomic mass is 32.1. The normalized spacial score (nSPS) is 10.8. The van der Waals surface area contributed by atoms with Gasteiger partial charge in [0.25, 0.3) is 5.91 Å². The molecule has 0 spiro atoms. The first kappa shape index (κ1) is 15.6. The number of thiophene rings is 1. The van der Waals surface area contributed by atoms with E-state index in [1.165, 1.54) is 22.7 Å². The summed E-state index contributed by atoms with van der Waals surface area (Å²) in [5, 5.41) is 13.3. The molecular formula is C16H13N5O2S2. The largest absolute Gasteiger partial charge is 0.495 e. The smallest absolute Gasteiger partial charge is 0.265 e. The van der Waals surface area contributed by atoms with Crippen molar-refractivity contribution in [2.24, 2.45) is 0 Å². The number of H-pyrrole nitrogens is 1. The standard InChI is InChI=1S/C16H13N5O2S2/c1-23-11-5-3-2-4-10(11)20-16-21-15-13(25-16)6-12(24-15)14(22)19-9-7-17-18-8-9/h2-8H,1H3,(H,17,18)(H,19,22)(H,20,21). The lowest BCUT2D eigenvalue weighted by atomic mass is 10.3. The van der Waals surface area contributed by atoms with Gasteiger partial charge in [0, 0.05) is 6.20 Å². The van der Waals surface area contributed by atoms with Gasteiger partial charge in [0.15, 0.2) is 5.13 Å². The molecular weight excluding hydrogens is 358 g/mol. The van der Waals surface area contributed by atoms with Gasteiger partial charge < -0.3 is 15.4 Å². The van der Waals surface area contributed by atoms with Crippen molar-refractivity contribution in [2.45, 2.75) is 0 Å². The maximum Gasteiger partial charge on any atom is 0.265 e. The Morgan fingerprint density at radius 3 is 2.92 bits per heavy atom. The van der Waals surface area contributed by atoms with Crippen LogP contribution in [0.15, 0.2) is 42.7 Å². The summed E-state index contributed by atoms with van der Waals surface area (Å²) in [4.78, 5) is 18.2. The fourth-order valence-corrected chi connectivity index (χ4v) is 4.30. The zero-order chi connectivity index (χ0) is 17.2. The first-order valence-electron chi connectivity index (χ1n) is 7.33. The van der Waals surface area contributed by atoms with E-state index in [1.54, 1.807) is 19.5 Å².